The van der Waals surface area contributed by atoms with E-state index in [2.05, 4.69) is 111 Å². The standard InChI is InChI=1S/C30H34OP.BrH/c1-3-25(4-2)31-29-23-15-8-16-24-30(29)32(26-17-9-5-10-18-26,27-19-11-6-12-20-27)28-21-13-7-14-22-28;/h3,5-7,9-14,17-22H,4,8,15-16,23-24H2,1-2H3;1H/q+1;/p-1. The molecule has 0 radical (unpaired) electrons. The Labute approximate surface area is 210 Å². The fourth-order valence-corrected chi connectivity index (χ4v) is 9.58. The summed E-state index contributed by atoms with van der Waals surface area (Å²) in [6.45, 7) is 4.27. The van der Waals surface area contributed by atoms with Crippen LogP contribution in [0.3, 0.4) is 0 Å². The van der Waals surface area contributed by atoms with E-state index in [4.69, 9.17) is 4.74 Å². The Bertz CT molecular complexity index is 962. The Kier molecular flexibility index (Phi) is 9.53. The van der Waals surface area contributed by atoms with Crippen LogP contribution in [-0.4, -0.2) is 0 Å². The van der Waals surface area contributed by atoms with Crippen molar-refractivity contribution in [2.45, 2.75) is 52.4 Å². The minimum atomic E-state index is -2.06. The van der Waals surface area contributed by atoms with Crippen molar-refractivity contribution >= 4 is 23.2 Å². The molecule has 1 aliphatic carbocycles. The maximum Gasteiger partial charge on any atom is 0.143 e. The van der Waals surface area contributed by atoms with E-state index in [1.807, 2.05) is 0 Å². The molecule has 0 saturated heterocycles. The van der Waals surface area contributed by atoms with E-state index < -0.39 is 7.26 Å². The van der Waals surface area contributed by atoms with Gasteiger partial charge in [0.2, 0.25) is 0 Å². The zero-order valence-corrected chi connectivity index (χ0v) is 22.2. The Hall–Kier alpha value is -2.15. The Balaban J connectivity index is 0.00000306. The number of halogens is 1. The van der Waals surface area contributed by atoms with Gasteiger partial charge in [-0.25, -0.2) is 0 Å². The van der Waals surface area contributed by atoms with Crippen LogP contribution in [0.2, 0.25) is 0 Å². The second-order valence-electron chi connectivity index (χ2n) is 8.32. The zero-order chi connectivity index (χ0) is 22.2. The molecule has 0 atom stereocenters. The van der Waals surface area contributed by atoms with Gasteiger partial charge in [-0.3, -0.25) is 0 Å². The first kappa shape index (κ1) is 25.5. The first-order chi connectivity index (χ1) is 15.8. The molecule has 1 aliphatic rings. The molecule has 3 heteroatoms. The summed E-state index contributed by atoms with van der Waals surface area (Å²) in [4.78, 5) is 0. The van der Waals surface area contributed by atoms with Gasteiger partial charge < -0.3 is 21.7 Å². The maximum absolute atomic E-state index is 6.72. The van der Waals surface area contributed by atoms with Gasteiger partial charge in [0, 0.05) is 19.3 Å². The Morgan fingerprint density at radius 3 is 1.61 bits per heavy atom. The topological polar surface area (TPSA) is 9.23 Å². The van der Waals surface area contributed by atoms with Gasteiger partial charge in [-0.05, 0) is 62.2 Å². The van der Waals surface area contributed by atoms with Gasteiger partial charge in [-0.2, -0.15) is 0 Å². The van der Waals surface area contributed by atoms with E-state index in [-0.39, 0.29) is 17.0 Å². The highest BCUT2D eigenvalue weighted by Gasteiger charge is 2.51. The quantitative estimate of drug-likeness (QED) is 0.329. The van der Waals surface area contributed by atoms with Crippen LogP contribution < -0.4 is 32.9 Å². The number of allylic oxidation sites excluding steroid dienone is 4. The molecule has 0 heterocycles. The molecule has 0 N–H and O–H groups in total. The van der Waals surface area contributed by atoms with Crippen molar-refractivity contribution in [1.29, 1.82) is 0 Å². The molecule has 172 valence electrons. The van der Waals surface area contributed by atoms with Crippen molar-refractivity contribution < 1.29 is 21.7 Å². The minimum absolute atomic E-state index is 0. The van der Waals surface area contributed by atoms with Crippen molar-refractivity contribution in [2.24, 2.45) is 0 Å². The van der Waals surface area contributed by atoms with Crippen LogP contribution in [0.15, 0.2) is 114 Å². The summed E-state index contributed by atoms with van der Waals surface area (Å²) in [7, 11) is -2.06. The summed E-state index contributed by atoms with van der Waals surface area (Å²) in [5, 5.41) is 5.75. The van der Waals surface area contributed by atoms with Gasteiger partial charge in [-0.15, -0.1) is 0 Å². The SMILES string of the molecule is CC=C(CC)OC1=C([P+](c2ccccc2)(c2ccccc2)c2ccccc2)CCCCC1.[Br-]. The number of hydrogen-bond donors (Lipinski definition) is 0. The van der Waals surface area contributed by atoms with Crippen LogP contribution in [0.4, 0.5) is 0 Å². The summed E-state index contributed by atoms with van der Waals surface area (Å²) >= 11 is 0. The van der Waals surface area contributed by atoms with Crippen LogP contribution >= 0.6 is 7.26 Å². The number of rotatable bonds is 7. The highest BCUT2D eigenvalue weighted by atomic mass is 79.9. The number of ether oxygens (including phenoxy) is 1. The van der Waals surface area contributed by atoms with E-state index in [0.717, 1.165) is 25.0 Å². The van der Waals surface area contributed by atoms with Gasteiger partial charge in [0.15, 0.2) is 0 Å². The Morgan fingerprint density at radius 1 is 0.727 bits per heavy atom. The molecule has 0 fully saturated rings. The van der Waals surface area contributed by atoms with E-state index in [1.165, 1.54) is 46.2 Å². The number of hydrogen-bond acceptors (Lipinski definition) is 1. The third kappa shape index (κ3) is 5.34. The van der Waals surface area contributed by atoms with Crippen molar-refractivity contribution in [1.82, 2.24) is 0 Å². The minimum Gasteiger partial charge on any atom is -1.00 e. The lowest BCUT2D eigenvalue weighted by molar-refractivity contribution is -0.00000719. The van der Waals surface area contributed by atoms with Gasteiger partial charge >= 0.3 is 0 Å². The molecule has 0 aliphatic heterocycles. The molecule has 0 saturated carbocycles. The van der Waals surface area contributed by atoms with E-state index in [1.54, 1.807) is 0 Å². The number of benzene rings is 3. The molecule has 0 spiro atoms. The van der Waals surface area contributed by atoms with Crippen molar-refractivity contribution in [3.8, 4) is 0 Å². The van der Waals surface area contributed by atoms with Crippen molar-refractivity contribution in [2.75, 3.05) is 0 Å². The van der Waals surface area contributed by atoms with Crippen LogP contribution in [0.5, 0.6) is 0 Å². The second kappa shape index (κ2) is 12.4. The predicted octanol–water partition coefficient (Wildman–Crippen LogP) is 4.49. The largest absolute Gasteiger partial charge is 1.00 e. The molecule has 0 amide bonds. The molecular weight excluding hydrogens is 487 g/mol. The molecule has 1 nitrogen and oxygen atoms in total. The highest BCUT2D eigenvalue weighted by Crippen LogP contribution is 2.65. The average molecular weight is 521 g/mol. The van der Waals surface area contributed by atoms with Gasteiger partial charge in [0.1, 0.15) is 34.2 Å². The third-order valence-electron chi connectivity index (χ3n) is 6.40. The summed E-state index contributed by atoms with van der Waals surface area (Å²) in [5.74, 6) is 2.29. The van der Waals surface area contributed by atoms with Crippen LogP contribution in [0, 0.1) is 0 Å². The van der Waals surface area contributed by atoms with Crippen molar-refractivity contribution in [3.05, 3.63) is 114 Å². The van der Waals surface area contributed by atoms with Crippen LogP contribution in [-0.2, 0) is 4.74 Å². The van der Waals surface area contributed by atoms with Crippen LogP contribution in [0.25, 0.3) is 0 Å². The average Bonchev–Trinajstić information content (AvgIpc) is 3.11. The van der Waals surface area contributed by atoms with E-state index >= 15 is 0 Å². The fourth-order valence-electron chi connectivity index (χ4n) is 4.87. The maximum atomic E-state index is 6.72. The lowest BCUT2D eigenvalue weighted by Gasteiger charge is -2.31. The summed E-state index contributed by atoms with van der Waals surface area (Å²) < 4.78 is 6.72. The third-order valence-corrected chi connectivity index (χ3v) is 10.9. The summed E-state index contributed by atoms with van der Waals surface area (Å²) in [6, 6.07) is 33.5. The molecular formula is C30H34BrOP. The fraction of sp³-hybridized carbons (Fsp3) is 0.267. The first-order valence-electron chi connectivity index (χ1n) is 11.9. The highest BCUT2D eigenvalue weighted by molar-refractivity contribution is 7.99. The van der Waals surface area contributed by atoms with Gasteiger partial charge in [0.25, 0.3) is 0 Å². The molecule has 0 aromatic heterocycles. The van der Waals surface area contributed by atoms with E-state index in [0.29, 0.717) is 0 Å². The monoisotopic (exact) mass is 520 g/mol. The lowest BCUT2D eigenvalue weighted by atomic mass is 10.2. The summed E-state index contributed by atoms with van der Waals surface area (Å²) in [6.07, 6.45) is 8.81. The first-order valence-corrected chi connectivity index (χ1v) is 13.7. The van der Waals surface area contributed by atoms with Gasteiger partial charge in [0.05, 0.1) is 5.76 Å². The van der Waals surface area contributed by atoms with Crippen molar-refractivity contribution in [3.63, 3.8) is 0 Å². The lowest BCUT2D eigenvalue weighted by Crippen LogP contribution is -3.00. The molecule has 3 aromatic rings. The normalized spacial score (nSPS) is 14.9. The molecule has 0 unspecified atom stereocenters. The molecule has 4 rings (SSSR count). The van der Waals surface area contributed by atoms with Crippen LogP contribution in [0.1, 0.15) is 52.4 Å². The van der Waals surface area contributed by atoms with Gasteiger partial charge in [-0.1, -0.05) is 67.9 Å². The predicted molar refractivity (Wildman–Crippen MR) is 140 cm³/mol. The Morgan fingerprint density at radius 2 is 1.18 bits per heavy atom. The molecule has 33 heavy (non-hydrogen) atoms. The van der Waals surface area contributed by atoms with E-state index in [9.17, 15) is 0 Å². The smallest absolute Gasteiger partial charge is 0.143 e. The molecule has 0 bridgehead atoms. The second-order valence-corrected chi connectivity index (χ2v) is 11.7. The summed E-state index contributed by atoms with van der Waals surface area (Å²) in [5.41, 5.74) is 0. The zero-order valence-electron chi connectivity index (χ0n) is 19.7. The molecule has 3 aromatic carbocycles.